The van der Waals surface area contributed by atoms with Crippen LogP contribution in [-0.4, -0.2) is 50.2 Å². The first-order valence-electron chi connectivity index (χ1n) is 7.07. The molecule has 0 saturated carbocycles. The molecule has 0 atom stereocenters. The lowest BCUT2D eigenvalue weighted by Crippen LogP contribution is -2.51. The molecule has 1 aliphatic heterocycles. The molecular weight excluding hydrogens is 252 g/mol. The highest BCUT2D eigenvalue weighted by molar-refractivity contribution is 5.78. The van der Waals surface area contributed by atoms with Crippen molar-refractivity contribution in [1.82, 2.24) is 4.90 Å². The van der Waals surface area contributed by atoms with Crippen molar-refractivity contribution < 1.29 is 4.74 Å². The van der Waals surface area contributed by atoms with Crippen molar-refractivity contribution in [2.45, 2.75) is 19.9 Å². The Bertz CT molecular complexity index is 465. The minimum absolute atomic E-state index is 0.242. The van der Waals surface area contributed by atoms with E-state index in [1.54, 1.807) is 7.11 Å². The lowest BCUT2D eigenvalue weighted by molar-refractivity contribution is 0.379. The summed E-state index contributed by atoms with van der Waals surface area (Å²) in [6.07, 6.45) is 0. The predicted octanol–water partition coefficient (Wildman–Crippen LogP) is 1.54. The lowest BCUT2D eigenvalue weighted by atomic mass is 10.2. The van der Waals surface area contributed by atoms with Gasteiger partial charge in [0.05, 0.1) is 7.11 Å². The molecule has 0 aromatic heterocycles. The molecular formula is C15H24N4O. The van der Waals surface area contributed by atoms with E-state index in [0.717, 1.165) is 31.9 Å². The number of rotatable bonds is 3. The Morgan fingerprint density at radius 1 is 1.25 bits per heavy atom. The number of piperazine rings is 1. The largest absolute Gasteiger partial charge is 0.497 e. The van der Waals surface area contributed by atoms with Crippen LogP contribution < -0.4 is 15.4 Å². The Morgan fingerprint density at radius 2 is 1.95 bits per heavy atom. The maximum absolute atomic E-state index is 6.02. The monoisotopic (exact) mass is 276 g/mol. The maximum Gasteiger partial charge on any atom is 0.191 e. The third-order valence-electron chi connectivity index (χ3n) is 3.41. The Kier molecular flexibility index (Phi) is 4.71. The van der Waals surface area contributed by atoms with Gasteiger partial charge >= 0.3 is 0 Å². The highest BCUT2D eigenvalue weighted by atomic mass is 16.5. The zero-order valence-electron chi connectivity index (χ0n) is 12.5. The van der Waals surface area contributed by atoms with Crippen molar-refractivity contribution in [3.8, 4) is 5.75 Å². The fourth-order valence-electron chi connectivity index (χ4n) is 2.35. The van der Waals surface area contributed by atoms with Gasteiger partial charge in [-0.1, -0.05) is 6.07 Å². The van der Waals surface area contributed by atoms with Crippen molar-refractivity contribution in [3.63, 3.8) is 0 Å². The van der Waals surface area contributed by atoms with Crippen LogP contribution >= 0.6 is 0 Å². The second kappa shape index (κ2) is 6.50. The van der Waals surface area contributed by atoms with Gasteiger partial charge in [-0.2, -0.15) is 0 Å². The summed E-state index contributed by atoms with van der Waals surface area (Å²) in [7, 11) is 1.69. The molecule has 0 radical (unpaired) electrons. The lowest BCUT2D eigenvalue weighted by Gasteiger charge is -2.36. The molecule has 0 spiro atoms. The number of nitrogens with zero attached hydrogens (tertiary/aromatic N) is 3. The molecule has 0 aliphatic carbocycles. The van der Waals surface area contributed by atoms with Gasteiger partial charge in [0.2, 0.25) is 0 Å². The van der Waals surface area contributed by atoms with Crippen LogP contribution in [0.2, 0.25) is 0 Å². The molecule has 1 heterocycles. The quantitative estimate of drug-likeness (QED) is 0.672. The molecule has 1 aromatic carbocycles. The van der Waals surface area contributed by atoms with Crippen LogP contribution in [0.25, 0.3) is 0 Å². The molecule has 1 fully saturated rings. The smallest absolute Gasteiger partial charge is 0.191 e. The summed E-state index contributed by atoms with van der Waals surface area (Å²) < 4.78 is 5.27. The number of methoxy groups -OCH3 is 1. The van der Waals surface area contributed by atoms with Crippen molar-refractivity contribution in [2.75, 3.05) is 38.2 Å². The number of ether oxygens (including phenoxy) is 1. The average molecular weight is 276 g/mol. The SMILES string of the molecule is COc1cccc(N2CCN(C(N)=NC(C)C)CC2)c1. The van der Waals surface area contributed by atoms with E-state index in [0.29, 0.717) is 5.96 Å². The third-order valence-corrected chi connectivity index (χ3v) is 3.41. The number of benzene rings is 1. The number of aliphatic imine (C=N–C) groups is 1. The van der Waals surface area contributed by atoms with Crippen LogP contribution in [-0.2, 0) is 0 Å². The zero-order valence-corrected chi connectivity index (χ0v) is 12.5. The average Bonchev–Trinajstić information content (AvgIpc) is 2.47. The molecule has 1 aliphatic rings. The molecule has 0 unspecified atom stereocenters. The van der Waals surface area contributed by atoms with Crippen molar-refractivity contribution in [1.29, 1.82) is 0 Å². The van der Waals surface area contributed by atoms with Gasteiger partial charge < -0.3 is 20.3 Å². The minimum Gasteiger partial charge on any atom is -0.497 e. The Hall–Kier alpha value is -1.91. The standard InChI is InChI=1S/C15H24N4O/c1-12(2)17-15(16)19-9-7-18(8-10-19)13-5-4-6-14(11-13)20-3/h4-6,11-12H,7-10H2,1-3H3,(H2,16,17). The molecule has 0 bridgehead atoms. The van der Waals surface area contributed by atoms with Crippen LogP contribution in [0.4, 0.5) is 5.69 Å². The van der Waals surface area contributed by atoms with Crippen molar-refractivity contribution in [2.24, 2.45) is 10.7 Å². The molecule has 2 rings (SSSR count). The summed E-state index contributed by atoms with van der Waals surface area (Å²) in [6, 6.07) is 8.42. The summed E-state index contributed by atoms with van der Waals surface area (Å²) >= 11 is 0. The van der Waals surface area contributed by atoms with Crippen LogP contribution in [0.15, 0.2) is 29.3 Å². The number of guanidine groups is 1. The topological polar surface area (TPSA) is 54.1 Å². The molecule has 2 N–H and O–H groups in total. The summed E-state index contributed by atoms with van der Waals surface area (Å²) in [5.41, 5.74) is 7.21. The first-order valence-corrected chi connectivity index (χ1v) is 7.07. The van der Waals surface area contributed by atoms with Gasteiger partial charge in [0.1, 0.15) is 5.75 Å². The zero-order chi connectivity index (χ0) is 14.5. The van der Waals surface area contributed by atoms with E-state index in [9.17, 15) is 0 Å². The van der Waals surface area contributed by atoms with E-state index in [2.05, 4.69) is 26.9 Å². The number of anilines is 1. The Morgan fingerprint density at radius 3 is 2.55 bits per heavy atom. The second-order valence-electron chi connectivity index (χ2n) is 5.26. The van der Waals surface area contributed by atoms with Gasteiger partial charge in [0.25, 0.3) is 0 Å². The third kappa shape index (κ3) is 3.56. The van der Waals surface area contributed by atoms with Crippen LogP contribution in [0.3, 0.4) is 0 Å². The maximum atomic E-state index is 6.02. The van der Waals surface area contributed by atoms with Crippen molar-refractivity contribution in [3.05, 3.63) is 24.3 Å². The summed E-state index contributed by atoms with van der Waals surface area (Å²) in [6.45, 7) is 7.78. The van der Waals surface area contributed by atoms with Crippen molar-refractivity contribution >= 4 is 11.6 Å². The highest BCUT2D eigenvalue weighted by Gasteiger charge is 2.18. The first-order chi connectivity index (χ1) is 9.60. The van der Waals surface area contributed by atoms with Crippen LogP contribution in [0, 0.1) is 0 Å². The van der Waals surface area contributed by atoms with E-state index in [-0.39, 0.29) is 6.04 Å². The molecule has 5 heteroatoms. The Labute approximate surface area is 121 Å². The number of hydrogen-bond donors (Lipinski definition) is 1. The normalized spacial score (nSPS) is 16.7. The van der Waals surface area contributed by atoms with Gasteiger partial charge in [-0.25, -0.2) is 0 Å². The summed E-state index contributed by atoms with van der Waals surface area (Å²) in [5.74, 6) is 1.55. The number of hydrogen-bond acceptors (Lipinski definition) is 3. The van der Waals surface area contributed by atoms with E-state index >= 15 is 0 Å². The van der Waals surface area contributed by atoms with E-state index < -0.39 is 0 Å². The molecule has 110 valence electrons. The second-order valence-corrected chi connectivity index (χ2v) is 5.26. The van der Waals surface area contributed by atoms with Gasteiger partial charge in [-0.15, -0.1) is 0 Å². The molecule has 1 saturated heterocycles. The van der Waals surface area contributed by atoms with E-state index in [4.69, 9.17) is 10.5 Å². The van der Waals surface area contributed by atoms with Crippen LogP contribution in [0.1, 0.15) is 13.8 Å². The van der Waals surface area contributed by atoms with Gasteiger partial charge in [-0.05, 0) is 26.0 Å². The fourth-order valence-corrected chi connectivity index (χ4v) is 2.35. The fraction of sp³-hybridized carbons (Fsp3) is 0.533. The van der Waals surface area contributed by atoms with E-state index in [1.165, 1.54) is 5.69 Å². The molecule has 20 heavy (non-hydrogen) atoms. The van der Waals surface area contributed by atoms with E-state index in [1.807, 2.05) is 26.0 Å². The van der Waals surface area contributed by atoms with Gasteiger partial charge in [-0.3, -0.25) is 4.99 Å². The molecule has 5 nitrogen and oxygen atoms in total. The van der Waals surface area contributed by atoms with Gasteiger partial charge in [0, 0.05) is 44.0 Å². The Balaban J connectivity index is 1.97. The molecule has 0 amide bonds. The summed E-state index contributed by atoms with van der Waals surface area (Å²) in [4.78, 5) is 8.91. The summed E-state index contributed by atoms with van der Waals surface area (Å²) in [5, 5.41) is 0. The van der Waals surface area contributed by atoms with Crippen LogP contribution in [0.5, 0.6) is 5.75 Å². The minimum atomic E-state index is 0.242. The highest BCUT2D eigenvalue weighted by Crippen LogP contribution is 2.22. The number of nitrogens with two attached hydrogens (primary N) is 1. The molecule has 1 aromatic rings. The predicted molar refractivity (Wildman–Crippen MR) is 83.5 cm³/mol. The van der Waals surface area contributed by atoms with Gasteiger partial charge in [0.15, 0.2) is 5.96 Å². The first kappa shape index (κ1) is 14.5.